The zero-order chi connectivity index (χ0) is 32.5. The standard InChI is InChI=1S/C21H29FN2O3.C14H24N2/c1-4-5-6-15(2)11-20(25)24-13-17(22)12-19(24)14-23(3)18-9-7-16(8-10-18)21(26)27;1-6-9-11(4)12(5)16-14(10-7-2)13(15)8-3/h6-10,17,19H,4-5,11-14H2,1-3H3,(H,26,27);6,8-10,13,16H,3,7,15H2,1-2,4-5H3/b15-6+;9-6-,12-11+,14-10-. The van der Waals surface area contributed by atoms with Crippen LogP contribution in [0.2, 0.25) is 0 Å². The molecule has 0 spiro atoms. The Labute approximate surface area is 258 Å². The lowest BCUT2D eigenvalue weighted by Crippen LogP contribution is -2.42. The van der Waals surface area contributed by atoms with Crippen LogP contribution in [-0.4, -0.2) is 60.3 Å². The number of nitrogens with zero attached hydrogens (tertiary/aromatic N) is 2. The number of benzene rings is 1. The van der Waals surface area contributed by atoms with Crippen LogP contribution in [0.4, 0.5) is 10.1 Å². The van der Waals surface area contributed by atoms with E-state index in [2.05, 4.69) is 57.8 Å². The summed E-state index contributed by atoms with van der Waals surface area (Å²) in [6, 6.07) is 6.24. The molecule has 8 heteroatoms. The van der Waals surface area contributed by atoms with Gasteiger partial charge in [-0.1, -0.05) is 56.2 Å². The Morgan fingerprint density at radius 3 is 2.40 bits per heavy atom. The van der Waals surface area contributed by atoms with Crippen LogP contribution in [-0.2, 0) is 4.79 Å². The number of carboxylic acids is 1. The zero-order valence-electron chi connectivity index (χ0n) is 27.2. The third kappa shape index (κ3) is 13.0. The molecule has 1 amide bonds. The van der Waals surface area contributed by atoms with E-state index >= 15 is 0 Å². The molecule has 0 saturated carbocycles. The summed E-state index contributed by atoms with van der Waals surface area (Å²) in [6.07, 6.45) is 12.6. The van der Waals surface area contributed by atoms with Crippen molar-refractivity contribution in [1.29, 1.82) is 0 Å². The minimum Gasteiger partial charge on any atom is -0.478 e. The number of unbranched alkanes of at least 4 members (excludes halogenated alkanes) is 1. The zero-order valence-corrected chi connectivity index (χ0v) is 27.2. The van der Waals surface area contributed by atoms with Crippen LogP contribution in [0.25, 0.3) is 0 Å². The lowest BCUT2D eigenvalue weighted by molar-refractivity contribution is -0.131. The molecule has 0 radical (unpaired) electrons. The fourth-order valence-corrected chi connectivity index (χ4v) is 4.73. The second-order valence-corrected chi connectivity index (χ2v) is 11.0. The molecule has 0 aliphatic carbocycles. The molecule has 1 aliphatic heterocycles. The SMILES string of the molecule is C=CC(N)/C(=C/CC)N/C(C)=C(C)/C=C\C.CCC/C=C(\C)CC(=O)N1CC(F)CC1CN(C)c1ccc(C(=O)O)cc1. The van der Waals surface area contributed by atoms with Gasteiger partial charge in [0.1, 0.15) is 6.17 Å². The van der Waals surface area contributed by atoms with E-state index in [1.807, 2.05) is 31.9 Å². The molecule has 1 aromatic carbocycles. The van der Waals surface area contributed by atoms with Crippen LogP contribution in [0.5, 0.6) is 0 Å². The first-order chi connectivity index (χ1) is 20.4. The molecule has 4 N–H and O–H groups in total. The van der Waals surface area contributed by atoms with Crippen LogP contribution >= 0.6 is 0 Å². The van der Waals surface area contributed by atoms with Crippen molar-refractivity contribution < 1.29 is 19.1 Å². The smallest absolute Gasteiger partial charge is 0.335 e. The molecular formula is C35H53FN4O3. The number of likely N-dealkylation sites (N-methyl/N-ethyl adjacent to an activating group) is 1. The van der Waals surface area contributed by atoms with E-state index in [0.717, 1.165) is 41.9 Å². The molecular weight excluding hydrogens is 543 g/mol. The van der Waals surface area contributed by atoms with E-state index in [9.17, 15) is 14.0 Å². The van der Waals surface area contributed by atoms with Crippen molar-refractivity contribution in [3.05, 3.63) is 89.3 Å². The third-order valence-corrected chi connectivity index (χ3v) is 7.31. The van der Waals surface area contributed by atoms with Crippen LogP contribution in [0.3, 0.4) is 0 Å². The highest BCUT2D eigenvalue weighted by Gasteiger charge is 2.35. The lowest BCUT2D eigenvalue weighted by Gasteiger charge is -2.30. The number of halogens is 1. The first-order valence-electron chi connectivity index (χ1n) is 15.2. The molecule has 0 bridgehead atoms. The van der Waals surface area contributed by atoms with Gasteiger partial charge in [0, 0.05) is 43.5 Å². The number of hydrogen-bond acceptors (Lipinski definition) is 5. The van der Waals surface area contributed by atoms with Gasteiger partial charge in [0.25, 0.3) is 0 Å². The van der Waals surface area contributed by atoms with Crippen molar-refractivity contribution in [2.24, 2.45) is 5.73 Å². The first kappa shape index (κ1) is 37.4. The molecule has 43 heavy (non-hydrogen) atoms. The van der Waals surface area contributed by atoms with E-state index in [-0.39, 0.29) is 30.1 Å². The van der Waals surface area contributed by atoms with E-state index < -0.39 is 12.1 Å². The summed E-state index contributed by atoms with van der Waals surface area (Å²) < 4.78 is 14.0. The van der Waals surface area contributed by atoms with Crippen molar-refractivity contribution in [3.63, 3.8) is 0 Å². The molecule has 238 valence electrons. The van der Waals surface area contributed by atoms with Gasteiger partial charge in [-0.15, -0.1) is 6.58 Å². The van der Waals surface area contributed by atoms with Gasteiger partial charge >= 0.3 is 5.97 Å². The Bertz CT molecular complexity index is 1170. The number of carbonyl (C=O) groups excluding carboxylic acids is 1. The molecule has 1 aliphatic rings. The minimum atomic E-state index is -0.998. The highest BCUT2D eigenvalue weighted by Crippen LogP contribution is 2.25. The van der Waals surface area contributed by atoms with Gasteiger partial charge < -0.3 is 26.0 Å². The van der Waals surface area contributed by atoms with Gasteiger partial charge in [-0.2, -0.15) is 0 Å². The molecule has 1 aromatic rings. The molecule has 1 saturated heterocycles. The molecule has 1 heterocycles. The number of amides is 1. The Morgan fingerprint density at radius 1 is 1.21 bits per heavy atom. The molecule has 1 fully saturated rings. The number of nitrogens with one attached hydrogen (secondary N) is 1. The predicted molar refractivity (Wildman–Crippen MR) is 178 cm³/mol. The van der Waals surface area contributed by atoms with Crippen LogP contribution in [0.1, 0.15) is 84.0 Å². The summed E-state index contributed by atoms with van der Waals surface area (Å²) in [7, 11) is 1.87. The van der Waals surface area contributed by atoms with Crippen molar-refractivity contribution >= 4 is 17.6 Å². The number of allylic oxidation sites excluding steroid dienone is 6. The summed E-state index contributed by atoms with van der Waals surface area (Å²) in [5.41, 5.74) is 11.4. The van der Waals surface area contributed by atoms with E-state index in [4.69, 9.17) is 10.8 Å². The fraction of sp³-hybridized carbons (Fsp3) is 0.486. The second-order valence-electron chi connectivity index (χ2n) is 11.0. The Balaban J connectivity index is 0.000000496. The summed E-state index contributed by atoms with van der Waals surface area (Å²) >= 11 is 0. The number of hydrogen-bond donors (Lipinski definition) is 3. The van der Waals surface area contributed by atoms with Crippen molar-refractivity contribution in [1.82, 2.24) is 10.2 Å². The van der Waals surface area contributed by atoms with Gasteiger partial charge in [0.15, 0.2) is 0 Å². The largest absolute Gasteiger partial charge is 0.478 e. The number of nitrogens with two attached hydrogens (primary N) is 1. The summed E-state index contributed by atoms with van der Waals surface area (Å²) in [6.45, 7) is 16.6. The summed E-state index contributed by atoms with van der Waals surface area (Å²) in [5.74, 6) is -0.997. The van der Waals surface area contributed by atoms with Crippen LogP contribution < -0.4 is 16.0 Å². The van der Waals surface area contributed by atoms with Crippen molar-refractivity contribution in [2.75, 3.05) is 25.0 Å². The van der Waals surface area contributed by atoms with Gasteiger partial charge in [0.2, 0.25) is 5.91 Å². The van der Waals surface area contributed by atoms with E-state index in [1.165, 1.54) is 5.57 Å². The second kappa shape index (κ2) is 19.5. The topological polar surface area (TPSA) is 98.9 Å². The van der Waals surface area contributed by atoms with Crippen molar-refractivity contribution in [2.45, 2.75) is 91.9 Å². The summed E-state index contributed by atoms with van der Waals surface area (Å²) in [4.78, 5) is 27.2. The Kier molecular flexibility index (Phi) is 17.0. The van der Waals surface area contributed by atoms with Crippen LogP contribution in [0.15, 0.2) is 83.8 Å². The maximum atomic E-state index is 14.0. The van der Waals surface area contributed by atoms with Crippen LogP contribution in [0, 0.1) is 0 Å². The number of carbonyl (C=O) groups is 2. The Hall–Kier alpha value is -3.65. The molecule has 0 aromatic heterocycles. The average molecular weight is 597 g/mol. The highest BCUT2D eigenvalue weighted by molar-refractivity contribution is 5.88. The van der Waals surface area contributed by atoms with Gasteiger partial charge in [-0.05, 0) is 70.4 Å². The van der Waals surface area contributed by atoms with Crippen molar-refractivity contribution in [3.8, 4) is 0 Å². The lowest BCUT2D eigenvalue weighted by atomic mass is 10.1. The number of rotatable bonds is 14. The number of likely N-dealkylation sites (tertiary alicyclic amines) is 1. The predicted octanol–water partition coefficient (Wildman–Crippen LogP) is 7.15. The quantitative estimate of drug-likeness (QED) is 0.156. The van der Waals surface area contributed by atoms with Gasteiger partial charge in [-0.25, -0.2) is 9.18 Å². The number of carboxylic acid groups (broad SMARTS) is 1. The highest BCUT2D eigenvalue weighted by atomic mass is 19.1. The van der Waals surface area contributed by atoms with E-state index in [1.54, 1.807) is 35.2 Å². The average Bonchev–Trinajstić information content (AvgIpc) is 3.35. The third-order valence-electron chi connectivity index (χ3n) is 7.31. The van der Waals surface area contributed by atoms with Gasteiger partial charge in [0.05, 0.1) is 24.2 Å². The normalized spacial score (nSPS) is 18.5. The molecule has 3 atom stereocenters. The summed E-state index contributed by atoms with van der Waals surface area (Å²) in [5, 5.41) is 12.3. The minimum absolute atomic E-state index is 0.0281. The van der Waals surface area contributed by atoms with Gasteiger partial charge in [-0.3, -0.25) is 4.79 Å². The monoisotopic (exact) mass is 596 g/mol. The number of alkyl halides is 1. The maximum absolute atomic E-state index is 14.0. The van der Waals surface area contributed by atoms with E-state index in [0.29, 0.717) is 19.4 Å². The first-order valence-corrected chi connectivity index (χ1v) is 15.2. The molecule has 3 unspecified atom stereocenters. The number of aromatic carboxylic acids is 1. The fourth-order valence-electron chi connectivity index (χ4n) is 4.73. The molecule has 2 rings (SSSR count). The molecule has 7 nitrogen and oxygen atoms in total. The number of anilines is 1. The maximum Gasteiger partial charge on any atom is 0.335 e. The Morgan fingerprint density at radius 2 is 1.86 bits per heavy atom.